The Labute approximate surface area is 206 Å². The normalized spacial score (nSPS) is 10.4. The van der Waals surface area contributed by atoms with E-state index in [1.54, 1.807) is 37.0 Å². The molecule has 0 fully saturated rings. The first kappa shape index (κ1) is 25.7. The molecule has 0 bridgehead atoms. The van der Waals surface area contributed by atoms with Gasteiger partial charge in [0.25, 0.3) is 5.69 Å². The Kier molecular flexibility index (Phi) is 7.89. The first-order valence-electron chi connectivity index (χ1n) is 10.8. The van der Waals surface area contributed by atoms with Crippen LogP contribution in [-0.2, 0) is 9.59 Å². The second kappa shape index (κ2) is 11.0. The minimum Gasteiger partial charge on any atom is -0.399 e. The fraction of sp³-hybridized carbons (Fsp3) is 0.273. The van der Waals surface area contributed by atoms with Gasteiger partial charge in [-0.3, -0.25) is 29.9 Å². The third kappa shape index (κ3) is 5.78. The van der Waals surface area contributed by atoms with Crippen molar-refractivity contribution in [1.82, 2.24) is 31.0 Å². The molecule has 4 rings (SSSR count). The molecular weight excluding hydrogens is 468 g/mol. The Morgan fingerprint density at radius 1 is 0.917 bits per heavy atom. The van der Waals surface area contributed by atoms with Gasteiger partial charge in [0.2, 0.25) is 11.8 Å². The number of H-pyrrole nitrogens is 2. The number of hydrogen-bond acceptors (Lipinski definition) is 9. The second-order valence-corrected chi connectivity index (χ2v) is 7.94. The number of amides is 2. The summed E-state index contributed by atoms with van der Waals surface area (Å²) in [6.07, 6.45) is 0. The molecule has 2 aromatic carbocycles. The van der Waals surface area contributed by atoms with Crippen LogP contribution in [-0.4, -0.2) is 78.4 Å². The van der Waals surface area contributed by atoms with Crippen molar-refractivity contribution in [1.29, 1.82) is 0 Å². The van der Waals surface area contributed by atoms with Gasteiger partial charge in [-0.05, 0) is 24.3 Å². The average molecular weight is 497 g/mol. The van der Waals surface area contributed by atoms with Crippen LogP contribution in [0.3, 0.4) is 0 Å². The zero-order valence-corrected chi connectivity index (χ0v) is 20.3. The van der Waals surface area contributed by atoms with Crippen molar-refractivity contribution in [3.8, 4) is 0 Å². The van der Waals surface area contributed by atoms with Crippen molar-refractivity contribution >= 4 is 56.6 Å². The summed E-state index contributed by atoms with van der Waals surface area (Å²) in [6.45, 7) is 0.379. The maximum absolute atomic E-state index is 11.3. The van der Waals surface area contributed by atoms with E-state index in [4.69, 9.17) is 5.73 Å². The fourth-order valence-electron chi connectivity index (χ4n) is 3.44. The maximum Gasteiger partial charge on any atom is 0.270 e. The van der Waals surface area contributed by atoms with E-state index >= 15 is 0 Å². The molecule has 0 radical (unpaired) electrons. The number of non-ortho nitro benzene ring substituents is 1. The number of nitrogens with two attached hydrogens (primary N) is 1. The highest BCUT2D eigenvalue weighted by atomic mass is 16.6. The molecule has 2 heterocycles. The molecule has 14 nitrogen and oxygen atoms in total. The van der Waals surface area contributed by atoms with Crippen molar-refractivity contribution in [2.45, 2.75) is 0 Å². The lowest BCUT2D eigenvalue weighted by atomic mass is 10.2. The Morgan fingerprint density at radius 3 is 1.86 bits per heavy atom. The van der Waals surface area contributed by atoms with Gasteiger partial charge in [-0.15, -0.1) is 0 Å². The van der Waals surface area contributed by atoms with Gasteiger partial charge < -0.3 is 26.2 Å². The third-order valence-corrected chi connectivity index (χ3v) is 5.35. The number of likely N-dealkylation sites (N-methyl/N-ethyl adjacent to an activating group) is 4. The first-order valence-corrected chi connectivity index (χ1v) is 10.8. The lowest BCUT2D eigenvalue weighted by Crippen LogP contribution is -2.33. The van der Waals surface area contributed by atoms with E-state index in [-0.39, 0.29) is 30.6 Å². The van der Waals surface area contributed by atoms with Gasteiger partial charge >= 0.3 is 0 Å². The SMILES string of the molecule is CNC(=O)CN(C)c1n[nH]c2ccc(N)cc12.CNC(=O)CN(C)c1n[nH]c2ccc([N+](=O)[O-])cc12. The van der Waals surface area contributed by atoms with Crippen LogP contribution in [0.4, 0.5) is 23.0 Å². The summed E-state index contributed by atoms with van der Waals surface area (Å²) in [5.74, 6) is 0.995. The Morgan fingerprint density at radius 2 is 1.39 bits per heavy atom. The van der Waals surface area contributed by atoms with Gasteiger partial charge in [0.15, 0.2) is 11.6 Å². The van der Waals surface area contributed by atoms with Crippen LogP contribution in [0, 0.1) is 10.1 Å². The summed E-state index contributed by atoms with van der Waals surface area (Å²) in [5, 5.41) is 31.3. The average Bonchev–Trinajstić information content (AvgIpc) is 3.47. The molecule has 0 aliphatic heterocycles. The number of carbonyl (C=O) groups excluding carboxylic acids is 2. The summed E-state index contributed by atoms with van der Waals surface area (Å²) in [7, 11) is 6.66. The van der Waals surface area contributed by atoms with Crippen LogP contribution in [0.5, 0.6) is 0 Å². The Hall–Kier alpha value is -4.88. The molecule has 0 aliphatic rings. The predicted molar refractivity (Wildman–Crippen MR) is 138 cm³/mol. The lowest BCUT2D eigenvalue weighted by Gasteiger charge is -2.15. The van der Waals surface area contributed by atoms with Crippen LogP contribution < -0.4 is 26.2 Å². The number of nitro benzene ring substituents is 1. The minimum absolute atomic E-state index is 0.0107. The van der Waals surface area contributed by atoms with Crippen molar-refractivity contribution in [3.05, 3.63) is 46.5 Å². The largest absolute Gasteiger partial charge is 0.399 e. The number of carbonyl (C=O) groups is 2. The lowest BCUT2D eigenvalue weighted by molar-refractivity contribution is -0.384. The number of nitro groups is 1. The van der Waals surface area contributed by atoms with Gasteiger partial charge in [-0.2, -0.15) is 10.2 Å². The number of aromatic nitrogens is 4. The Bertz CT molecular complexity index is 1400. The smallest absolute Gasteiger partial charge is 0.270 e. The van der Waals surface area contributed by atoms with Gasteiger partial charge in [0, 0.05) is 51.4 Å². The second-order valence-electron chi connectivity index (χ2n) is 7.94. The molecular formula is C22H28N10O4. The topological polar surface area (TPSA) is 191 Å². The number of aromatic amines is 2. The van der Waals surface area contributed by atoms with Crippen molar-refractivity contribution < 1.29 is 14.5 Å². The number of nitrogens with one attached hydrogen (secondary N) is 4. The molecule has 36 heavy (non-hydrogen) atoms. The molecule has 2 aromatic heterocycles. The standard InChI is InChI=1S/C11H13N5O3.C11H15N5O/c1-12-10(17)6-15(2)11-8-5-7(16(18)19)3-4-9(8)13-14-11;1-13-10(17)6-16(2)11-8-5-7(12)3-4-9(8)14-15-11/h3-5H,6H2,1-2H3,(H,12,17)(H,13,14);3-5H,6,12H2,1-2H3,(H,13,17)(H,14,15). The van der Waals surface area contributed by atoms with Crippen molar-refractivity contribution in [3.63, 3.8) is 0 Å². The fourth-order valence-corrected chi connectivity index (χ4v) is 3.44. The van der Waals surface area contributed by atoms with E-state index in [1.807, 2.05) is 25.2 Å². The summed E-state index contributed by atoms with van der Waals surface area (Å²) >= 11 is 0. The molecule has 0 unspecified atom stereocenters. The molecule has 190 valence electrons. The Balaban J connectivity index is 0.000000202. The maximum atomic E-state index is 11.3. The predicted octanol–water partition coefficient (Wildman–Crippen LogP) is 0.981. The third-order valence-electron chi connectivity index (χ3n) is 5.35. The van der Waals surface area contributed by atoms with E-state index in [0.717, 1.165) is 16.7 Å². The number of nitrogens with zero attached hydrogens (tertiary/aromatic N) is 5. The molecule has 0 atom stereocenters. The molecule has 2 amide bonds. The van der Waals surface area contributed by atoms with E-state index < -0.39 is 4.92 Å². The zero-order valence-electron chi connectivity index (χ0n) is 20.3. The van der Waals surface area contributed by atoms with E-state index in [1.165, 1.54) is 12.1 Å². The molecule has 0 spiro atoms. The number of hydrogen-bond donors (Lipinski definition) is 5. The van der Waals surface area contributed by atoms with Crippen molar-refractivity contribution in [2.75, 3.05) is 56.8 Å². The van der Waals surface area contributed by atoms with Crippen LogP contribution in [0.25, 0.3) is 21.8 Å². The summed E-state index contributed by atoms with van der Waals surface area (Å²) in [6, 6.07) is 9.96. The summed E-state index contributed by atoms with van der Waals surface area (Å²) in [5.41, 5.74) is 7.99. The molecule has 6 N–H and O–H groups in total. The van der Waals surface area contributed by atoms with E-state index in [9.17, 15) is 19.7 Å². The number of benzene rings is 2. The summed E-state index contributed by atoms with van der Waals surface area (Å²) in [4.78, 5) is 36.3. The van der Waals surface area contributed by atoms with Gasteiger partial charge in [0.1, 0.15) is 0 Å². The molecule has 0 saturated carbocycles. The first-order chi connectivity index (χ1) is 17.1. The highest BCUT2D eigenvalue weighted by Crippen LogP contribution is 2.27. The highest BCUT2D eigenvalue weighted by molar-refractivity contribution is 5.94. The minimum atomic E-state index is -0.463. The van der Waals surface area contributed by atoms with E-state index in [0.29, 0.717) is 22.4 Å². The molecule has 14 heteroatoms. The van der Waals surface area contributed by atoms with Gasteiger partial charge in [-0.1, -0.05) is 0 Å². The molecule has 0 saturated heterocycles. The van der Waals surface area contributed by atoms with Crippen molar-refractivity contribution in [2.24, 2.45) is 0 Å². The summed E-state index contributed by atoms with van der Waals surface area (Å²) < 4.78 is 0. The monoisotopic (exact) mass is 496 g/mol. The van der Waals surface area contributed by atoms with Gasteiger partial charge in [-0.25, -0.2) is 0 Å². The number of rotatable bonds is 7. The molecule has 4 aromatic rings. The van der Waals surface area contributed by atoms with Crippen LogP contribution in [0.15, 0.2) is 36.4 Å². The molecule has 0 aliphatic carbocycles. The number of fused-ring (bicyclic) bond motifs is 2. The van der Waals surface area contributed by atoms with Crippen LogP contribution in [0.2, 0.25) is 0 Å². The highest BCUT2D eigenvalue weighted by Gasteiger charge is 2.16. The van der Waals surface area contributed by atoms with E-state index in [2.05, 4.69) is 31.0 Å². The van der Waals surface area contributed by atoms with Crippen LogP contribution >= 0.6 is 0 Å². The number of anilines is 3. The van der Waals surface area contributed by atoms with Gasteiger partial charge in [0.05, 0.1) is 34.4 Å². The quantitative estimate of drug-likeness (QED) is 0.141. The zero-order chi connectivity index (χ0) is 26.4. The number of nitrogen functional groups attached to an aromatic ring is 1. The van der Waals surface area contributed by atoms with Crippen LogP contribution in [0.1, 0.15) is 0 Å².